The minimum Gasteiger partial charge on any atom is -0.466 e. The Labute approximate surface area is 154 Å². The zero-order valence-electron chi connectivity index (χ0n) is 14.6. The van der Waals surface area contributed by atoms with Gasteiger partial charge in [0.2, 0.25) is 0 Å². The van der Waals surface area contributed by atoms with Gasteiger partial charge in [0.1, 0.15) is 5.82 Å². The van der Waals surface area contributed by atoms with E-state index >= 15 is 0 Å². The smallest absolute Gasteiger partial charge is 0.336 e. The van der Waals surface area contributed by atoms with E-state index in [9.17, 15) is 14.0 Å². The van der Waals surface area contributed by atoms with Gasteiger partial charge >= 0.3 is 11.9 Å². The maximum Gasteiger partial charge on any atom is 0.336 e. The molecule has 1 aliphatic heterocycles. The standard InChI is InChI=1S/C18H19BrFNO4/c1-9-14(17(22)24-4)16(11-6-7-13(20)12(19)8-11)15(18(23)25-5)10(2)21(9)3/h6-8,16H,1-5H3. The molecule has 2 rings (SSSR count). The van der Waals surface area contributed by atoms with Crippen molar-refractivity contribution in [2.75, 3.05) is 21.3 Å². The van der Waals surface area contributed by atoms with E-state index in [1.807, 2.05) is 0 Å². The number of carbonyl (C=O) groups excluding carboxylic acids is 2. The van der Waals surface area contributed by atoms with E-state index in [4.69, 9.17) is 9.47 Å². The van der Waals surface area contributed by atoms with Gasteiger partial charge in [0.05, 0.1) is 35.8 Å². The molecule has 0 atom stereocenters. The second-order valence-corrected chi connectivity index (χ2v) is 6.50. The van der Waals surface area contributed by atoms with Crippen LogP contribution < -0.4 is 0 Å². The molecule has 0 unspecified atom stereocenters. The fourth-order valence-electron chi connectivity index (χ4n) is 2.95. The molecule has 0 amide bonds. The van der Waals surface area contributed by atoms with Gasteiger partial charge in [0.25, 0.3) is 0 Å². The van der Waals surface area contributed by atoms with E-state index in [2.05, 4.69) is 15.9 Å². The molecule has 1 aromatic carbocycles. The number of halogens is 2. The quantitative estimate of drug-likeness (QED) is 0.712. The van der Waals surface area contributed by atoms with Gasteiger partial charge in [-0.3, -0.25) is 0 Å². The summed E-state index contributed by atoms with van der Waals surface area (Å²) in [6.07, 6.45) is 0. The Morgan fingerprint density at radius 2 is 1.56 bits per heavy atom. The van der Waals surface area contributed by atoms with E-state index in [1.165, 1.54) is 20.3 Å². The Morgan fingerprint density at radius 3 is 1.96 bits per heavy atom. The molecule has 0 N–H and O–H groups in total. The van der Waals surface area contributed by atoms with Gasteiger partial charge in [-0.15, -0.1) is 0 Å². The van der Waals surface area contributed by atoms with Crippen molar-refractivity contribution in [3.63, 3.8) is 0 Å². The van der Waals surface area contributed by atoms with Crippen LogP contribution in [0.4, 0.5) is 4.39 Å². The lowest BCUT2D eigenvalue weighted by Gasteiger charge is -2.35. The predicted molar refractivity (Wildman–Crippen MR) is 94.0 cm³/mol. The fraction of sp³-hybridized carbons (Fsp3) is 0.333. The van der Waals surface area contributed by atoms with E-state index in [-0.39, 0.29) is 4.47 Å². The number of hydrogen-bond donors (Lipinski definition) is 0. The first-order valence-electron chi connectivity index (χ1n) is 7.51. The summed E-state index contributed by atoms with van der Waals surface area (Å²) in [5.41, 5.74) is 2.52. The summed E-state index contributed by atoms with van der Waals surface area (Å²) in [5, 5.41) is 0. The minimum absolute atomic E-state index is 0.243. The van der Waals surface area contributed by atoms with Crippen LogP contribution in [0, 0.1) is 5.82 Å². The molecule has 0 radical (unpaired) electrons. The van der Waals surface area contributed by atoms with Crippen molar-refractivity contribution in [1.29, 1.82) is 0 Å². The molecule has 1 aliphatic rings. The molecule has 0 spiro atoms. The molecule has 5 nitrogen and oxygen atoms in total. The van der Waals surface area contributed by atoms with Crippen molar-refractivity contribution in [3.05, 3.63) is 56.6 Å². The maximum atomic E-state index is 13.7. The third-order valence-corrected chi connectivity index (χ3v) is 5.06. The Bertz CT molecular complexity index is 760. The van der Waals surface area contributed by atoms with Crippen LogP contribution in [0.15, 0.2) is 45.2 Å². The lowest BCUT2D eigenvalue weighted by Crippen LogP contribution is -2.33. The second kappa shape index (κ2) is 7.39. The lowest BCUT2D eigenvalue weighted by atomic mass is 9.80. The summed E-state index contributed by atoms with van der Waals surface area (Å²) in [7, 11) is 4.32. The average Bonchev–Trinajstić information content (AvgIpc) is 2.60. The van der Waals surface area contributed by atoms with E-state index in [0.717, 1.165) is 0 Å². The number of hydrogen-bond acceptors (Lipinski definition) is 5. The first-order valence-corrected chi connectivity index (χ1v) is 8.30. The zero-order valence-corrected chi connectivity index (χ0v) is 16.2. The molecule has 0 bridgehead atoms. The first-order chi connectivity index (χ1) is 11.7. The summed E-state index contributed by atoms with van der Waals surface area (Å²) < 4.78 is 23.8. The Hall–Kier alpha value is -2.15. The van der Waals surface area contributed by atoms with Crippen molar-refractivity contribution in [1.82, 2.24) is 4.90 Å². The monoisotopic (exact) mass is 411 g/mol. The van der Waals surface area contributed by atoms with Gasteiger partial charge in [0, 0.05) is 18.4 Å². The SMILES string of the molecule is COC(=O)C1=C(C)N(C)C(C)=C(C(=O)OC)C1c1ccc(F)c(Br)c1. The lowest BCUT2D eigenvalue weighted by molar-refractivity contribution is -0.137. The molecule has 0 aromatic heterocycles. The fourth-order valence-corrected chi connectivity index (χ4v) is 3.35. The first kappa shape index (κ1) is 19.2. The van der Waals surface area contributed by atoms with Gasteiger partial charge in [-0.2, -0.15) is 0 Å². The Kier molecular flexibility index (Phi) is 5.67. The van der Waals surface area contributed by atoms with E-state index in [0.29, 0.717) is 28.1 Å². The van der Waals surface area contributed by atoms with E-state index in [1.54, 1.807) is 37.9 Å². The summed E-state index contributed by atoms with van der Waals surface area (Å²) >= 11 is 3.15. The third kappa shape index (κ3) is 3.33. The molecule has 0 aliphatic carbocycles. The molecule has 0 fully saturated rings. The highest BCUT2D eigenvalue weighted by atomic mass is 79.9. The van der Waals surface area contributed by atoms with Crippen molar-refractivity contribution in [2.45, 2.75) is 19.8 Å². The average molecular weight is 412 g/mol. The largest absolute Gasteiger partial charge is 0.466 e. The number of ether oxygens (including phenoxy) is 2. The molecule has 7 heteroatoms. The van der Waals surface area contributed by atoms with Crippen molar-refractivity contribution < 1.29 is 23.5 Å². The van der Waals surface area contributed by atoms with Gasteiger partial charge in [-0.05, 0) is 47.5 Å². The highest BCUT2D eigenvalue weighted by molar-refractivity contribution is 9.10. The Balaban J connectivity index is 2.78. The molecular weight excluding hydrogens is 393 g/mol. The topological polar surface area (TPSA) is 55.8 Å². The predicted octanol–water partition coefficient (Wildman–Crippen LogP) is 3.51. The third-order valence-electron chi connectivity index (χ3n) is 4.45. The van der Waals surface area contributed by atoms with Crippen molar-refractivity contribution in [3.8, 4) is 0 Å². The Morgan fingerprint density at radius 1 is 1.08 bits per heavy atom. The van der Waals surface area contributed by atoms with Crippen LogP contribution in [0.1, 0.15) is 25.3 Å². The molecule has 0 saturated heterocycles. The maximum absolute atomic E-state index is 13.7. The van der Waals surface area contributed by atoms with Crippen LogP contribution in [0.3, 0.4) is 0 Å². The van der Waals surface area contributed by atoms with Crippen LogP contribution in [0.2, 0.25) is 0 Å². The highest BCUT2D eigenvalue weighted by Crippen LogP contribution is 2.42. The number of carbonyl (C=O) groups is 2. The summed E-state index contributed by atoms with van der Waals surface area (Å²) in [4.78, 5) is 26.7. The number of nitrogens with zero attached hydrogens (tertiary/aromatic N) is 1. The second-order valence-electron chi connectivity index (χ2n) is 5.65. The van der Waals surface area contributed by atoms with Gasteiger partial charge in [-0.1, -0.05) is 6.07 Å². The number of rotatable bonds is 3. The van der Waals surface area contributed by atoms with Gasteiger partial charge < -0.3 is 14.4 Å². The van der Waals surface area contributed by atoms with Crippen LogP contribution >= 0.6 is 15.9 Å². The van der Waals surface area contributed by atoms with Crippen LogP contribution in [0.5, 0.6) is 0 Å². The number of allylic oxidation sites excluding steroid dienone is 2. The highest BCUT2D eigenvalue weighted by Gasteiger charge is 2.39. The summed E-state index contributed by atoms with van der Waals surface area (Å²) in [5.74, 6) is -2.25. The number of benzene rings is 1. The number of esters is 2. The van der Waals surface area contributed by atoms with Crippen LogP contribution in [-0.2, 0) is 19.1 Å². The molecule has 1 aromatic rings. The molecule has 1 heterocycles. The molecule has 0 saturated carbocycles. The molecule has 25 heavy (non-hydrogen) atoms. The van der Waals surface area contributed by atoms with Crippen molar-refractivity contribution in [2.24, 2.45) is 0 Å². The van der Waals surface area contributed by atoms with Crippen molar-refractivity contribution >= 4 is 27.9 Å². The summed E-state index contributed by atoms with van der Waals surface area (Å²) in [6.45, 7) is 3.55. The molecule has 134 valence electrons. The van der Waals surface area contributed by atoms with Gasteiger partial charge in [-0.25, -0.2) is 14.0 Å². The number of methoxy groups -OCH3 is 2. The van der Waals surface area contributed by atoms with Crippen LogP contribution in [0.25, 0.3) is 0 Å². The van der Waals surface area contributed by atoms with E-state index < -0.39 is 23.7 Å². The summed E-state index contributed by atoms with van der Waals surface area (Å²) in [6, 6.07) is 4.38. The normalized spacial score (nSPS) is 15.6. The van der Waals surface area contributed by atoms with Gasteiger partial charge in [0.15, 0.2) is 0 Å². The zero-order chi connectivity index (χ0) is 18.9. The van der Waals surface area contributed by atoms with Crippen LogP contribution in [-0.4, -0.2) is 38.1 Å². The minimum atomic E-state index is -0.715. The molecular formula is C18H19BrFNO4.